The highest BCUT2D eigenvalue weighted by molar-refractivity contribution is 5.66. The molecule has 48 heavy (non-hydrogen) atoms. The molecule has 0 spiro atoms. The molecule has 0 fully saturated rings. The summed E-state index contributed by atoms with van der Waals surface area (Å²) in [5, 5.41) is 15.9. The third kappa shape index (κ3) is 45.4. The van der Waals surface area contributed by atoms with Crippen LogP contribution in [0.5, 0.6) is 0 Å². The topological polar surface area (TPSA) is 61.4 Å². The van der Waals surface area contributed by atoms with Crippen LogP contribution in [0.4, 0.5) is 0 Å². The maximum atomic E-state index is 10.5. The molecule has 0 aliphatic rings. The van der Waals surface area contributed by atoms with E-state index in [-0.39, 0.29) is 0 Å². The van der Waals surface area contributed by atoms with E-state index in [0.29, 0.717) is 6.42 Å². The second-order valence-electron chi connectivity index (χ2n) is 15.4. The van der Waals surface area contributed by atoms with Gasteiger partial charge in [0.25, 0.3) is 0 Å². The van der Waals surface area contributed by atoms with Crippen LogP contribution in [-0.2, 0) is 4.79 Å². The van der Waals surface area contributed by atoms with Crippen molar-refractivity contribution >= 4 is 5.97 Å². The fourth-order valence-electron chi connectivity index (χ4n) is 7.11. The molecule has 0 radical (unpaired) electrons. The van der Waals surface area contributed by atoms with Crippen LogP contribution < -0.4 is 10.6 Å². The molecular formula is C44H90N2O2. The van der Waals surface area contributed by atoms with Crippen LogP contribution in [0.15, 0.2) is 0 Å². The third-order valence-electron chi connectivity index (χ3n) is 10.4. The Balaban J connectivity index is 3.04. The fraction of sp³-hybridized carbons (Fsp3) is 0.977. The Morgan fingerprint density at radius 1 is 0.312 bits per heavy atom. The minimum atomic E-state index is -0.653. The monoisotopic (exact) mass is 679 g/mol. The summed E-state index contributed by atoms with van der Waals surface area (Å²) in [5.41, 5.74) is 0. The van der Waals surface area contributed by atoms with Gasteiger partial charge in [-0.05, 0) is 32.4 Å². The van der Waals surface area contributed by atoms with Crippen molar-refractivity contribution in [2.75, 3.05) is 26.2 Å². The number of nitrogens with one attached hydrogen (secondary N) is 2. The zero-order valence-electron chi connectivity index (χ0n) is 33.1. The largest absolute Gasteiger partial charge is 0.481 e. The summed E-state index contributed by atoms with van der Waals surface area (Å²) in [7, 11) is 0. The van der Waals surface area contributed by atoms with E-state index >= 15 is 0 Å². The number of carboxylic acids is 1. The summed E-state index contributed by atoms with van der Waals surface area (Å²) in [5.74, 6) is -0.653. The Morgan fingerprint density at radius 3 is 0.750 bits per heavy atom. The Hall–Kier alpha value is -0.610. The van der Waals surface area contributed by atoms with E-state index in [9.17, 15) is 4.79 Å². The molecule has 0 aromatic rings. The van der Waals surface area contributed by atoms with Gasteiger partial charge in [-0.25, -0.2) is 0 Å². The first-order valence-corrected chi connectivity index (χ1v) is 22.4. The molecule has 4 heteroatoms. The number of rotatable bonds is 44. The predicted molar refractivity (Wildman–Crippen MR) is 214 cm³/mol. The third-order valence-corrected chi connectivity index (χ3v) is 10.4. The van der Waals surface area contributed by atoms with Crippen molar-refractivity contribution < 1.29 is 9.90 Å². The summed E-state index contributed by atoms with van der Waals surface area (Å²) >= 11 is 0. The lowest BCUT2D eigenvalue weighted by Crippen LogP contribution is -2.28. The highest BCUT2D eigenvalue weighted by Gasteiger charge is 1.99. The fourth-order valence-corrected chi connectivity index (χ4v) is 7.11. The number of hydrogen-bond donors (Lipinski definition) is 3. The van der Waals surface area contributed by atoms with Gasteiger partial charge in [-0.15, -0.1) is 0 Å². The number of hydrogen-bond acceptors (Lipinski definition) is 3. The van der Waals surface area contributed by atoms with Gasteiger partial charge in [0.15, 0.2) is 0 Å². The van der Waals surface area contributed by atoms with Gasteiger partial charge in [-0.2, -0.15) is 0 Å². The van der Waals surface area contributed by atoms with E-state index in [1.807, 2.05) is 0 Å². The van der Waals surface area contributed by atoms with E-state index in [1.165, 1.54) is 238 Å². The molecule has 0 bridgehead atoms. The highest BCUT2D eigenvalue weighted by atomic mass is 16.4. The molecule has 4 nitrogen and oxygen atoms in total. The number of carbonyl (C=O) groups is 1. The number of carboxylic acid groups (broad SMARTS) is 1. The maximum absolute atomic E-state index is 10.5. The summed E-state index contributed by atoms with van der Waals surface area (Å²) in [6, 6.07) is 0. The molecule has 0 heterocycles. The molecule has 0 rings (SSSR count). The molecule has 0 aliphatic carbocycles. The van der Waals surface area contributed by atoms with Crippen LogP contribution >= 0.6 is 0 Å². The molecular weight excluding hydrogens is 588 g/mol. The number of aliphatic carboxylic acids is 1. The van der Waals surface area contributed by atoms with Crippen molar-refractivity contribution in [2.24, 2.45) is 0 Å². The first-order chi connectivity index (χ1) is 23.8. The molecule has 288 valence electrons. The van der Waals surface area contributed by atoms with Crippen LogP contribution in [0.2, 0.25) is 0 Å². The van der Waals surface area contributed by atoms with Gasteiger partial charge >= 0.3 is 5.97 Å². The molecule has 0 aliphatic heterocycles. The lowest BCUT2D eigenvalue weighted by molar-refractivity contribution is -0.137. The number of unbranched alkanes of at least 4 members (excludes halogenated alkanes) is 35. The van der Waals surface area contributed by atoms with Crippen molar-refractivity contribution in [3.63, 3.8) is 0 Å². The minimum Gasteiger partial charge on any atom is -0.481 e. The quantitative estimate of drug-likeness (QED) is 0.0561. The van der Waals surface area contributed by atoms with Gasteiger partial charge < -0.3 is 15.7 Å². The van der Waals surface area contributed by atoms with Crippen molar-refractivity contribution in [1.82, 2.24) is 10.6 Å². The SMILES string of the molecule is CCCCCCCCCCCCCCCCCCCCCCCCCCCNCCNCCCCCCCCCCCCCCC(=O)O. The second kappa shape index (κ2) is 44.4. The minimum absolute atomic E-state index is 0.339. The lowest BCUT2D eigenvalue weighted by atomic mass is 10.0. The Bertz CT molecular complexity index is 584. The van der Waals surface area contributed by atoms with Crippen LogP contribution in [-0.4, -0.2) is 37.3 Å². The Morgan fingerprint density at radius 2 is 0.521 bits per heavy atom. The summed E-state index contributed by atoms with van der Waals surface area (Å²) in [6.07, 6.45) is 52.1. The molecule has 0 saturated heterocycles. The van der Waals surface area contributed by atoms with Crippen LogP contribution in [0, 0.1) is 0 Å². The molecule has 0 unspecified atom stereocenters. The van der Waals surface area contributed by atoms with Crippen LogP contribution in [0.3, 0.4) is 0 Å². The smallest absolute Gasteiger partial charge is 0.303 e. The van der Waals surface area contributed by atoms with Gasteiger partial charge in [-0.1, -0.05) is 225 Å². The lowest BCUT2D eigenvalue weighted by Gasteiger charge is -2.07. The van der Waals surface area contributed by atoms with Crippen LogP contribution in [0.1, 0.15) is 251 Å². The Kier molecular flexibility index (Phi) is 43.8. The molecule has 0 aromatic carbocycles. The highest BCUT2D eigenvalue weighted by Crippen LogP contribution is 2.16. The van der Waals surface area contributed by atoms with Crippen molar-refractivity contribution in [2.45, 2.75) is 251 Å². The summed E-state index contributed by atoms with van der Waals surface area (Å²) in [4.78, 5) is 10.5. The molecule has 0 atom stereocenters. The van der Waals surface area contributed by atoms with E-state index in [4.69, 9.17) is 5.11 Å². The second-order valence-corrected chi connectivity index (χ2v) is 15.4. The predicted octanol–water partition coefficient (Wildman–Crippen LogP) is 14.1. The average Bonchev–Trinajstić information content (AvgIpc) is 3.08. The molecule has 0 amide bonds. The van der Waals surface area contributed by atoms with Crippen molar-refractivity contribution in [1.29, 1.82) is 0 Å². The van der Waals surface area contributed by atoms with Crippen molar-refractivity contribution in [3.8, 4) is 0 Å². The Labute approximate surface area is 302 Å². The van der Waals surface area contributed by atoms with Gasteiger partial charge in [-0.3, -0.25) is 4.79 Å². The zero-order chi connectivity index (χ0) is 34.7. The van der Waals surface area contributed by atoms with Gasteiger partial charge in [0.2, 0.25) is 0 Å². The van der Waals surface area contributed by atoms with Gasteiger partial charge in [0.1, 0.15) is 0 Å². The van der Waals surface area contributed by atoms with E-state index in [0.717, 1.165) is 25.9 Å². The molecule has 0 saturated carbocycles. The van der Waals surface area contributed by atoms with Gasteiger partial charge in [0.05, 0.1) is 0 Å². The summed E-state index contributed by atoms with van der Waals surface area (Å²) < 4.78 is 0. The first kappa shape index (κ1) is 47.4. The van der Waals surface area contributed by atoms with E-state index < -0.39 is 5.97 Å². The summed E-state index contributed by atoms with van der Waals surface area (Å²) in [6.45, 7) is 6.88. The standard InChI is InChI=1S/C44H90N2O2/c1-2-3-4-5-6-7-8-9-10-11-12-13-14-15-16-17-18-19-20-22-25-28-31-34-37-40-45-42-43-46-41-38-35-32-29-26-23-21-24-27-30-33-36-39-44(47)48/h45-46H,2-43H2,1H3,(H,47,48). The average molecular weight is 679 g/mol. The normalized spacial score (nSPS) is 11.5. The zero-order valence-corrected chi connectivity index (χ0v) is 33.1. The van der Waals surface area contributed by atoms with E-state index in [2.05, 4.69) is 17.6 Å². The first-order valence-electron chi connectivity index (χ1n) is 22.4. The van der Waals surface area contributed by atoms with Crippen molar-refractivity contribution in [3.05, 3.63) is 0 Å². The van der Waals surface area contributed by atoms with Crippen LogP contribution in [0.25, 0.3) is 0 Å². The molecule has 0 aromatic heterocycles. The molecule has 3 N–H and O–H groups in total. The maximum Gasteiger partial charge on any atom is 0.303 e. The van der Waals surface area contributed by atoms with Gasteiger partial charge in [0, 0.05) is 19.5 Å². The van der Waals surface area contributed by atoms with E-state index in [1.54, 1.807) is 0 Å².